The standard InChI is InChI=1S/C12H16N2O4/c1-12(2,11(13)14-16)9-6-17-10-7(15)4-3-5-8(10)18-9/h3-5,9,15-16H,6H2,1-2H3,(H2,13,14). The van der Waals surface area contributed by atoms with E-state index >= 15 is 0 Å². The molecule has 1 aliphatic rings. The minimum atomic E-state index is -0.683. The second kappa shape index (κ2) is 4.29. The van der Waals surface area contributed by atoms with Crippen molar-refractivity contribution in [3.05, 3.63) is 18.2 Å². The summed E-state index contributed by atoms with van der Waals surface area (Å²) in [5.74, 6) is 0.876. The topological polar surface area (TPSA) is 97.3 Å². The second-order valence-electron chi connectivity index (χ2n) is 4.73. The van der Waals surface area contributed by atoms with Crippen LogP contribution < -0.4 is 15.2 Å². The molecule has 1 aliphatic heterocycles. The highest BCUT2D eigenvalue weighted by molar-refractivity contribution is 5.86. The van der Waals surface area contributed by atoms with Crippen molar-refractivity contribution in [3.63, 3.8) is 0 Å². The van der Waals surface area contributed by atoms with Crippen LogP contribution in [0.1, 0.15) is 13.8 Å². The van der Waals surface area contributed by atoms with Crippen LogP contribution in [0.4, 0.5) is 0 Å². The Morgan fingerprint density at radius 2 is 2.22 bits per heavy atom. The van der Waals surface area contributed by atoms with Gasteiger partial charge < -0.3 is 25.5 Å². The number of ether oxygens (including phenoxy) is 2. The lowest BCUT2D eigenvalue weighted by molar-refractivity contribution is 0.0340. The predicted octanol–water partition coefficient (Wildman–Crippen LogP) is 1.30. The van der Waals surface area contributed by atoms with Crippen LogP contribution >= 0.6 is 0 Å². The van der Waals surface area contributed by atoms with Crippen molar-refractivity contribution in [1.29, 1.82) is 0 Å². The summed E-state index contributed by atoms with van der Waals surface area (Å²) >= 11 is 0. The molecule has 18 heavy (non-hydrogen) atoms. The normalized spacial score (nSPS) is 19.7. The summed E-state index contributed by atoms with van der Waals surface area (Å²) in [5.41, 5.74) is 4.96. The lowest BCUT2D eigenvalue weighted by atomic mass is 9.85. The monoisotopic (exact) mass is 252 g/mol. The van der Waals surface area contributed by atoms with Gasteiger partial charge in [0.2, 0.25) is 5.75 Å². The average molecular weight is 252 g/mol. The number of hydrogen-bond donors (Lipinski definition) is 3. The van der Waals surface area contributed by atoms with Gasteiger partial charge in [0.25, 0.3) is 0 Å². The van der Waals surface area contributed by atoms with Gasteiger partial charge in [-0.25, -0.2) is 0 Å². The van der Waals surface area contributed by atoms with Crippen LogP contribution in [-0.4, -0.2) is 28.9 Å². The zero-order valence-corrected chi connectivity index (χ0v) is 10.3. The number of nitrogens with zero attached hydrogens (tertiary/aromatic N) is 1. The SMILES string of the molecule is CC(C)(C(N)=NO)C1COc2c(O)cccc2O1. The molecule has 0 aliphatic carbocycles. The first-order valence-corrected chi connectivity index (χ1v) is 5.56. The number of phenols is 1. The minimum Gasteiger partial charge on any atom is -0.504 e. The number of benzene rings is 1. The van der Waals surface area contributed by atoms with Crippen molar-refractivity contribution >= 4 is 5.84 Å². The van der Waals surface area contributed by atoms with E-state index in [1.165, 1.54) is 6.07 Å². The largest absolute Gasteiger partial charge is 0.504 e. The summed E-state index contributed by atoms with van der Waals surface area (Å²) in [6, 6.07) is 4.89. The van der Waals surface area contributed by atoms with Crippen molar-refractivity contribution in [2.75, 3.05) is 6.61 Å². The number of oxime groups is 1. The molecule has 0 fully saturated rings. The molecular formula is C12H16N2O4. The fourth-order valence-corrected chi connectivity index (χ4v) is 1.74. The van der Waals surface area contributed by atoms with E-state index < -0.39 is 11.5 Å². The molecule has 2 rings (SSSR count). The van der Waals surface area contributed by atoms with Crippen LogP contribution in [-0.2, 0) is 0 Å². The van der Waals surface area contributed by atoms with Gasteiger partial charge in [-0.3, -0.25) is 0 Å². The number of fused-ring (bicyclic) bond motifs is 1. The number of hydrogen-bond acceptors (Lipinski definition) is 5. The third-order valence-corrected chi connectivity index (χ3v) is 3.18. The molecule has 0 radical (unpaired) electrons. The number of phenolic OH excluding ortho intramolecular Hbond substituents is 1. The molecule has 6 heteroatoms. The zero-order chi connectivity index (χ0) is 13.3. The summed E-state index contributed by atoms with van der Waals surface area (Å²) in [7, 11) is 0. The van der Waals surface area contributed by atoms with Gasteiger partial charge in [0.15, 0.2) is 11.5 Å². The maximum absolute atomic E-state index is 9.61. The summed E-state index contributed by atoms with van der Waals surface area (Å²) in [5, 5.41) is 21.4. The Morgan fingerprint density at radius 3 is 2.89 bits per heavy atom. The van der Waals surface area contributed by atoms with E-state index in [9.17, 15) is 5.11 Å². The molecule has 0 bridgehead atoms. The highest BCUT2D eigenvalue weighted by Crippen LogP contribution is 2.41. The van der Waals surface area contributed by atoms with Gasteiger partial charge in [0, 0.05) is 0 Å². The Kier molecular flexibility index (Phi) is 2.94. The van der Waals surface area contributed by atoms with Crippen LogP contribution in [0.25, 0.3) is 0 Å². The second-order valence-corrected chi connectivity index (χ2v) is 4.73. The number of nitrogens with two attached hydrogens (primary N) is 1. The van der Waals surface area contributed by atoms with Crippen LogP contribution in [0.15, 0.2) is 23.4 Å². The van der Waals surface area contributed by atoms with Crippen molar-refractivity contribution in [1.82, 2.24) is 0 Å². The van der Waals surface area contributed by atoms with E-state index in [0.29, 0.717) is 11.5 Å². The molecule has 0 saturated carbocycles. The van der Waals surface area contributed by atoms with Gasteiger partial charge in [-0.2, -0.15) is 0 Å². The van der Waals surface area contributed by atoms with Gasteiger partial charge >= 0.3 is 0 Å². The molecule has 1 heterocycles. The first-order chi connectivity index (χ1) is 8.46. The van der Waals surface area contributed by atoms with E-state index in [0.717, 1.165) is 0 Å². The quantitative estimate of drug-likeness (QED) is 0.319. The smallest absolute Gasteiger partial charge is 0.203 e. The van der Waals surface area contributed by atoms with Gasteiger partial charge in [0.1, 0.15) is 18.5 Å². The van der Waals surface area contributed by atoms with Crippen LogP contribution in [0, 0.1) is 5.41 Å². The van der Waals surface area contributed by atoms with Crippen LogP contribution in [0.5, 0.6) is 17.2 Å². The Morgan fingerprint density at radius 1 is 1.50 bits per heavy atom. The predicted molar refractivity (Wildman–Crippen MR) is 65.2 cm³/mol. The van der Waals surface area contributed by atoms with E-state index in [4.69, 9.17) is 20.4 Å². The molecular weight excluding hydrogens is 236 g/mol. The molecule has 1 unspecified atom stereocenters. The highest BCUT2D eigenvalue weighted by atomic mass is 16.6. The molecule has 1 aromatic carbocycles. The lowest BCUT2D eigenvalue weighted by Crippen LogP contribution is -2.49. The fraction of sp³-hybridized carbons (Fsp3) is 0.417. The third-order valence-electron chi connectivity index (χ3n) is 3.18. The number of para-hydroxylation sites is 1. The van der Waals surface area contributed by atoms with Crippen LogP contribution in [0.2, 0.25) is 0 Å². The molecule has 0 saturated heterocycles. The minimum absolute atomic E-state index is 0.0348. The molecule has 1 atom stereocenters. The fourth-order valence-electron chi connectivity index (χ4n) is 1.74. The van der Waals surface area contributed by atoms with Crippen molar-refractivity contribution in [2.24, 2.45) is 16.3 Å². The first-order valence-electron chi connectivity index (χ1n) is 5.56. The van der Waals surface area contributed by atoms with E-state index in [2.05, 4.69) is 5.16 Å². The summed E-state index contributed by atoms with van der Waals surface area (Å²) in [4.78, 5) is 0. The Balaban J connectivity index is 2.28. The molecule has 1 aromatic rings. The maximum Gasteiger partial charge on any atom is 0.203 e. The molecule has 98 valence electrons. The highest BCUT2D eigenvalue weighted by Gasteiger charge is 2.39. The van der Waals surface area contributed by atoms with Crippen molar-refractivity contribution in [3.8, 4) is 17.2 Å². The molecule has 0 aromatic heterocycles. The summed E-state index contributed by atoms with van der Waals surface area (Å²) in [6.07, 6.45) is -0.400. The Labute approximate surface area is 105 Å². The third kappa shape index (κ3) is 1.90. The molecule has 0 spiro atoms. The number of rotatable bonds is 2. The average Bonchev–Trinajstić information content (AvgIpc) is 2.37. The molecule has 6 nitrogen and oxygen atoms in total. The summed E-state index contributed by atoms with van der Waals surface area (Å²) < 4.78 is 11.2. The van der Waals surface area contributed by atoms with Gasteiger partial charge in [-0.05, 0) is 26.0 Å². The Bertz CT molecular complexity index is 485. The maximum atomic E-state index is 9.61. The van der Waals surface area contributed by atoms with Crippen molar-refractivity contribution in [2.45, 2.75) is 20.0 Å². The first kappa shape index (κ1) is 12.3. The van der Waals surface area contributed by atoms with Gasteiger partial charge in [-0.15, -0.1) is 0 Å². The lowest BCUT2D eigenvalue weighted by Gasteiger charge is -2.36. The number of amidine groups is 1. The molecule has 4 N–H and O–H groups in total. The van der Waals surface area contributed by atoms with Crippen LogP contribution in [0.3, 0.4) is 0 Å². The van der Waals surface area contributed by atoms with E-state index in [1.807, 2.05) is 0 Å². The zero-order valence-electron chi connectivity index (χ0n) is 10.3. The van der Waals surface area contributed by atoms with E-state index in [-0.39, 0.29) is 18.2 Å². The summed E-state index contributed by atoms with van der Waals surface area (Å²) in [6.45, 7) is 3.81. The van der Waals surface area contributed by atoms with Gasteiger partial charge in [0.05, 0.1) is 5.41 Å². The Hall–Kier alpha value is -2.11. The molecule has 0 amide bonds. The van der Waals surface area contributed by atoms with E-state index in [1.54, 1.807) is 26.0 Å². The van der Waals surface area contributed by atoms with Crippen molar-refractivity contribution < 1.29 is 19.8 Å². The van der Waals surface area contributed by atoms with Gasteiger partial charge in [-0.1, -0.05) is 11.2 Å². The number of aromatic hydroxyl groups is 1.